The van der Waals surface area contributed by atoms with E-state index in [2.05, 4.69) is 22.0 Å². The summed E-state index contributed by atoms with van der Waals surface area (Å²) < 4.78 is 1.85. The first-order chi connectivity index (χ1) is 8.11. The first-order valence-electron chi connectivity index (χ1n) is 5.72. The van der Waals surface area contributed by atoms with Crippen LogP contribution < -0.4 is 5.56 Å². The number of nitrogens with one attached hydrogen (secondary N) is 1. The van der Waals surface area contributed by atoms with Crippen LogP contribution in [0.1, 0.15) is 24.6 Å². The zero-order valence-electron chi connectivity index (χ0n) is 10.3. The van der Waals surface area contributed by atoms with E-state index in [1.54, 1.807) is 13.1 Å². The number of aromatic nitrogens is 4. The molecule has 2 rings (SSSR count). The molecule has 2 aromatic heterocycles. The summed E-state index contributed by atoms with van der Waals surface area (Å²) >= 11 is 0. The van der Waals surface area contributed by atoms with E-state index in [0.717, 1.165) is 24.2 Å². The molecule has 90 valence electrons. The Morgan fingerprint density at radius 1 is 1.41 bits per heavy atom. The van der Waals surface area contributed by atoms with Gasteiger partial charge in [0, 0.05) is 24.0 Å². The van der Waals surface area contributed by atoms with E-state index in [1.165, 1.54) is 0 Å². The van der Waals surface area contributed by atoms with Gasteiger partial charge in [0.2, 0.25) is 0 Å². The molecule has 0 atom stereocenters. The standard InChI is InChI=1S/C12H16N4O/c1-4-5-16-7-10(6-13-16)11-14-9(3)8(2)12(17)15-11/h6-7H,4-5H2,1-3H3,(H,14,15,17). The molecule has 0 amide bonds. The molecule has 0 aliphatic heterocycles. The van der Waals surface area contributed by atoms with Gasteiger partial charge in [0.1, 0.15) is 5.82 Å². The van der Waals surface area contributed by atoms with E-state index in [1.807, 2.05) is 17.8 Å². The van der Waals surface area contributed by atoms with Gasteiger partial charge in [-0.05, 0) is 20.3 Å². The van der Waals surface area contributed by atoms with Crippen LogP contribution in [0.4, 0.5) is 0 Å². The van der Waals surface area contributed by atoms with Crippen LogP contribution in [0, 0.1) is 13.8 Å². The van der Waals surface area contributed by atoms with E-state index in [4.69, 9.17) is 0 Å². The third-order valence-electron chi connectivity index (χ3n) is 2.75. The Labute approximate surface area is 99.5 Å². The SMILES string of the molecule is CCCn1cc(-c2nc(C)c(C)c(=O)[nH]2)cn1. The molecule has 17 heavy (non-hydrogen) atoms. The second-order valence-corrected chi connectivity index (χ2v) is 4.12. The Morgan fingerprint density at radius 3 is 2.82 bits per heavy atom. The average Bonchev–Trinajstić information content (AvgIpc) is 2.74. The molecule has 0 aliphatic rings. The van der Waals surface area contributed by atoms with E-state index >= 15 is 0 Å². The van der Waals surface area contributed by atoms with Crippen LogP contribution in [0.5, 0.6) is 0 Å². The van der Waals surface area contributed by atoms with Crippen LogP contribution >= 0.6 is 0 Å². The second kappa shape index (κ2) is 4.53. The second-order valence-electron chi connectivity index (χ2n) is 4.12. The molecule has 0 saturated heterocycles. The largest absolute Gasteiger partial charge is 0.306 e. The maximum absolute atomic E-state index is 11.6. The Morgan fingerprint density at radius 2 is 2.18 bits per heavy atom. The summed E-state index contributed by atoms with van der Waals surface area (Å²) in [5.41, 5.74) is 2.18. The van der Waals surface area contributed by atoms with Crippen LogP contribution in [0.15, 0.2) is 17.2 Å². The van der Waals surface area contributed by atoms with Gasteiger partial charge < -0.3 is 4.98 Å². The number of hydrogen-bond acceptors (Lipinski definition) is 3. The number of aromatic amines is 1. The smallest absolute Gasteiger partial charge is 0.254 e. The monoisotopic (exact) mass is 232 g/mol. The molecule has 0 radical (unpaired) electrons. The summed E-state index contributed by atoms with van der Waals surface area (Å²) in [4.78, 5) is 18.8. The quantitative estimate of drug-likeness (QED) is 0.875. The highest BCUT2D eigenvalue weighted by Gasteiger charge is 2.07. The Hall–Kier alpha value is -1.91. The fraction of sp³-hybridized carbons (Fsp3) is 0.417. The molecule has 0 fully saturated rings. The van der Waals surface area contributed by atoms with Crippen molar-refractivity contribution in [1.29, 1.82) is 0 Å². The molecule has 0 aromatic carbocycles. The van der Waals surface area contributed by atoms with Crippen molar-refractivity contribution >= 4 is 0 Å². The molecular weight excluding hydrogens is 216 g/mol. The molecule has 0 unspecified atom stereocenters. The average molecular weight is 232 g/mol. The van der Waals surface area contributed by atoms with Gasteiger partial charge in [-0.25, -0.2) is 4.98 Å². The molecular formula is C12H16N4O. The molecule has 0 bridgehead atoms. The first-order valence-corrected chi connectivity index (χ1v) is 5.72. The minimum atomic E-state index is -0.0873. The van der Waals surface area contributed by atoms with Crippen molar-refractivity contribution in [3.63, 3.8) is 0 Å². The molecule has 0 spiro atoms. The van der Waals surface area contributed by atoms with Gasteiger partial charge in [0.05, 0.1) is 11.8 Å². The Kier molecular flexibility index (Phi) is 3.08. The van der Waals surface area contributed by atoms with Crippen LogP contribution in [0.3, 0.4) is 0 Å². The molecule has 2 heterocycles. The predicted molar refractivity (Wildman–Crippen MR) is 65.8 cm³/mol. The summed E-state index contributed by atoms with van der Waals surface area (Å²) in [5.74, 6) is 0.584. The molecule has 5 nitrogen and oxygen atoms in total. The van der Waals surface area contributed by atoms with Gasteiger partial charge in [-0.2, -0.15) is 5.10 Å². The minimum Gasteiger partial charge on any atom is -0.306 e. The lowest BCUT2D eigenvalue weighted by molar-refractivity contribution is 0.603. The van der Waals surface area contributed by atoms with Gasteiger partial charge in [-0.3, -0.25) is 9.48 Å². The third-order valence-corrected chi connectivity index (χ3v) is 2.75. The van der Waals surface area contributed by atoms with Gasteiger partial charge in [0.25, 0.3) is 5.56 Å². The maximum atomic E-state index is 11.6. The van der Waals surface area contributed by atoms with Gasteiger partial charge in [0.15, 0.2) is 0 Å². The van der Waals surface area contributed by atoms with E-state index < -0.39 is 0 Å². The summed E-state index contributed by atoms with van der Waals surface area (Å²) in [7, 11) is 0. The van der Waals surface area contributed by atoms with E-state index in [9.17, 15) is 4.79 Å². The van der Waals surface area contributed by atoms with Crippen LogP contribution in [0.2, 0.25) is 0 Å². The van der Waals surface area contributed by atoms with E-state index in [-0.39, 0.29) is 5.56 Å². The zero-order chi connectivity index (χ0) is 12.4. The summed E-state index contributed by atoms with van der Waals surface area (Å²) in [6.45, 7) is 6.57. The van der Waals surface area contributed by atoms with Crippen LogP contribution in [0.25, 0.3) is 11.4 Å². The van der Waals surface area contributed by atoms with E-state index in [0.29, 0.717) is 11.4 Å². The lowest BCUT2D eigenvalue weighted by atomic mass is 10.2. The molecule has 5 heteroatoms. The zero-order valence-corrected chi connectivity index (χ0v) is 10.3. The Balaban J connectivity index is 2.42. The van der Waals surface area contributed by atoms with Crippen molar-refractivity contribution in [2.75, 3.05) is 0 Å². The predicted octanol–water partition coefficient (Wildman–Crippen LogP) is 1.66. The molecule has 1 N–H and O–H groups in total. The van der Waals surface area contributed by atoms with Crippen molar-refractivity contribution in [1.82, 2.24) is 19.7 Å². The van der Waals surface area contributed by atoms with Gasteiger partial charge in [-0.1, -0.05) is 6.92 Å². The third kappa shape index (κ3) is 2.27. The summed E-state index contributed by atoms with van der Waals surface area (Å²) in [5, 5.41) is 4.22. The van der Waals surface area contributed by atoms with Crippen molar-refractivity contribution in [3.8, 4) is 11.4 Å². The summed E-state index contributed by atoms with van der Waals surface area (Å²) in [6, 6.07) is 0. The lowest BCUT2D eigenvalue weighted by Crippen LogP contribution is -2.14. The first kappa shape index (κ1) is 11.6. The van der Waals surface area contributed by atoms with Crippen molar-refractivity contribution in [3.05, 3.63) is 34.0 Å². The number of H-pyrrole nitrogens is 1. The summed E-state index contributed by atoms with van der Waals surface area (Å²) in [6.07, 6.45) is 4.65. The molecule has 2 aromatic rings. The Bertz CT molecular complexity index is 582. The van der Waals surface area contributed by atoms with Gasteiger partial charge in [-0.15, -0.1) is 0 Å². The minimum absolute atomic E-state index is 0.0873. The van der Waals surface area contributed by atoms with Crippen LogP contribution in [-0.4, -0.2) is 19.7 Å². The highest BCUT2D eigenvalue weighted by Crippen LogP contribution is 2.13. The van der Waals surface area contributed by atoms with Crippen molar-refractivity contribution in [2.24, 2.45) is 0 Å². The van der Waals surface area contributed by atoms with Crippen LogP contribution in [-0.2, 0) is 6.54 Å². The van der Waals surface area contributed by atoms with Crippen molar-refractivity contribution in [2.45, 2.75) is 33.7 Å². The topological polar surface area (TPSA) is 63.6 Å². The number of aryl methyl sites for hydroxylation is 2. The number of nitrogens with zero attached hydrogens (tertiary/aromatic N) is 3. The highest BCUT2D eigenvalue weighted by atomic mass is 16.1. The maximum Gasteiger partial charge on any atom is 0.254 e. The van der Waals surface area contributed by atoms with Crippen molar-refractivity contribution < 1.29 is 0 Å². The van der Waals surface area contributed by atoms with Gasteiger partial charge >= 0.3 is 0 Å². The highest BCUT2D eigenvalue weighted by molar-refractivity contribution is 5.52. The molecule has 0 aliphatic carbocycles. The number of hydrogen-bond donors (Lipinski definition) is 1. The fourth-order valence-corrected chi connectivity index (χ4v) is 1.62. The lowest BCUT2D eigenvalue weighted by Gasteiger charge is -2.01. The fourth-order valence-electron chi connectivity index (χ4n) is 1.62. The molecule has 0 saturated carbocycles. The normalized spacial score (nSPS) is 10.8. The number of rotatable bonds is 3.